The van der Waals surface area contributed by atoms with Crippen molar-refractivity contribution in [2.75, 3.05) is 33.2 Å². The molecule has 124 valence electrons. The Morgan fingerprint density at radius 3 is 2.36 bits per heavy atom. The lowest BCUT2D eigenvalue weighted by Gasteiger charge is -2.42. The van der Waals surface area contributed by atoms with Gasteiger partial charge in [0.25, 0.3) is 0 Å². The summed E-state index contributed by atoms with van der Waals surface area (Å²) >= 11 is 0. The normalized spacial score (nSPS) is 22.7. The minimum absolute atomic E-state index is 0.0231. The molecule has 2 rings (SSSR count). The van der Waals surface area contributed by atoms with Gasteiger partial charge in [-0.3, -0.25) is 4.90 Å². The van der Waals surface area contributed by atoms with Gasteiger partial charge in [-0.2, -0.15) is 13.2 Å². The zero-order valence-corrected chi connectivity index (χ0v) is 13.1. The highest BCUT2D eigenvalue weighted by atomic mass is 19.4. The maximum absolute atomic E-state index is 12.7. The van der Waals surface area contributed by atoms with E-state index in [2.05, 4.69) is 23.8 Å². The average Bonchev–Trinajstić information content (AvgIpc) is 2.49. The Balaban J connectivity index is 2.14. The zero-order valence-electron chi connectivity index (χ0n) is 13.1. The molecule has 0 bridgehead atoms. The monoisotopic (exact) mass is 315 g/mol. The van der Waals surface area contributed by atoms with Gasteiger partial charge in [0.15, 0.2) is 0 Å². The van der Waals surface area contributed by atoms with Crippen molar-refractivity contribution in [3.63, 3.8) is 0 Å². The summed E-state index contributed by atoms with van der Waals surface area (Å²) in [4.78, 5) is 4.62. The first-order chi connectivity index (χ1) is 10.4. The van der Waals surface area contributed by atoms with Crippen LogP contribution in [0.5, 0.6) is 0 Å². The summed E-state index contributed by atoms with van der Waals surface area (Å²) in [6, 6.07) is 5.85. The van der Waals surface area contributed by atoms with Crippen LogP contribution >= 0.6 is 0 Å². The highest BCUT2D eigenvalue weighted by molar-refractivity contribution is 5.27. The Hall–Kier alpha value is -1.11. The number of likely N-dealkylation sites (N-methyl/N-ethyl adjacent to an activating group) is 1. The second kappa shape index (κ2) is 6.98. The smallest absolute Gasteiger partial charge is 0.329 e. The fourth-order valence-corrected chi connectivity index (χ4v) is 3.08. The van der Waals surface area contributed by atoms with Gasteiger partial charge in [0.05, 0.1) is 5.56 Å². The SMILES string of the molecule is CCC1CN(C(CN)c2ccc(C(F)(F)F)cc2)CCN1C. The average molecular weight is 315 g/mol. The van der Waals surface area contributed by atoms with Gasteiger partial charge in [-0.15, -0.1) is 0 Å². The Morgan fingerprint density at radius 2 is 1.86 bits per heavy atom. The molecular formula is C16H24F3N3. The van der Waals surface area contributed by atoms with Gasteiger partial charge >= 0.3 is 6.18 Å². The van der Waals surface area contributed by atoms with E-state index >= 15 is 0 Å². The molecule has 1 aromatic rings. The van der Waals surface area contributed by atoms with Crippen molar-refractivity contribution in [3.05, 3.63) is 35.4 Å². The van der Waals surface area contributed by atoms with Crippen molar-refractivity contribution < 1.29 is 13.2 Å². The molecule has 3 nitrogen and oxygen atoms in total. The van der Waals surface area contributed by atoms with Crippen LogP contribution in [0.1, 0.15) is 30.5 Å². The molecule has 2 unspecified atom stereocenters. The molecule has 1 heterocycles. The van der Waals surface area contributed by atoms with Gasteiger partial charge in [0.1, 0.15) is 0 Å². The highest BCUT2D eigenvalue weighted by Gasteiger charge is 2.31. The number of hydrogen-bond acceptors (Lipinski definition) is 3. The number of alkyl halides is 3. The number of benzene rings is 1. The molecule has 0 spiro atoms. The maximum atomic E-state index is 12.7. The van der Waals surface area contributed by atoms with Gasteiger partial charge in [-0.1, -0.05) is 19.1 Å². The summed E-state index contributed by atoms with van der Waals surface area (Å²) in [6.45, 7) is 5.30. The van der Waals surface area contributed by atoms with E-state index in [4.69, 9.17) is 5.73 Å². The van der Waals surface area contributed by atoms with Crippen molar-refractivity contribution in [2.45, 2.75) is 31.6 Å². The zero-order chi connectivity index (χ0) is 16.3. The lowest BCUT2D eigenvalue weighted by molar-refractivity contribution is -0.137. The van der Waals surface area contributed by atoms with Crippen LogP contribution in [0.2, 0.25) is 0 Å². The number of piperazine rings is 1. The topological polar surface area (TPSA) is 32.5 Å². The predicted octanol–water partition coefficient (Wildman–Crippen LogP) is 2.73. The molecule has 22 heavy (non-hydrogen) atoms. The molecule has 1 aliphatic heterocycles. The van der Waals surface area contributed by atoms with Crippen LogP contribution in [0.3, 0.4) is 0 Å². The summed E-state index contributed by atoms with van der Waals surface area (Å²) in [7, 11) is 2.11. The Bertz CT molecular complexity index is 473. The first-order valence-corrected chi connectivity index (χ1v) is 7.68. The predicted molar refractivity (Wildman–Crippen MR) is 81.5 cm³/mol. The number of nitrogens with two attached hydrogens (primary N) is 1. The van der Waals surface area contributed by atoms with E-state index in [1.54, 1.807) is 12.1 Å². The Labute approximate surface area is 129 Å². The van der Waals surface area contributed by atoms with Crippen molar-refractivity contribution in [1.29, 1.82) is 0 Å². The van der Waals surface area contributed by atoms with Crippen LogP contribution in [-0.2, 0) is 6.18 Å². The van der Waals surface area contributed by atoms with Crippen molar-refractivity contribution in [2.24, 2.45) is 5.73 Å². The Kier molecular flexibility index (Phi) is 5.47. The molecule has 1 saturated heterocycles. The van der Waals surface area contributed by atoms with Crippen LogP contribution < -0.4 is 5.73 Å². The molecule has 0 amide bonds. The minimum atomic E-state index is -4.29. The van der Waals surface area contributed by atoms with E-state index in [0.717, 1.165) is 43.8 Å². The molecule has 1 aromatic carbocycles. The number of hydrogen-bond donors (Lipinski definition) is 1. The van der Waals surface area contributed by atoms with Gasteiger partial charge in [-0.05, 0) is 31.2 Å². The number of rotatable bonds is 4. The second-order valence-electron chi connectivity index (χ2n) is 5.91. The third-order valence-electron chi connectivity index (χ3n) is 4.57. The molecule has 1 fully saturated rings. The van der Waals surface area contributed by atoms with Crippen LogP contribution in [-0.4, -0.2) is 49.1 Å². The molecule has 1 aliphatic rings. The molecule has 0 saturated carbocycles. The fraction of sp³-hybridized carbons (Fsp3) is 0.625. The van der Waals surface area contributed by atoms with E-state index in [1.165, 1.54) is 0 Å². The number of halogens is 3. The van der Waals surface area contributed by atoms with E-state index in [1.807, 2.05) is 0 Å². The van der Waals surface area contributed by atoms with E-state index < -0.39 is 11.7 Å². The molecule has 6 heteroatoms. The minimum Gasteiger partial charge on any atom is -0.329 e. The summed E-state index contributed by atoms with van der Waals surface area (Å²) in [5.41, 5.74) is 6.15. The summed E-state index contributed by atoms with van der Waals surface area (Å²) < 4.78 is 38.0. The van der Waals surface area contributed by atoms with Crippen molar-refractivity contribution >= 4 is 0 Å². The van der Waals surface area contributed by atoms with Crippen LogP contribution in [0.4, 0.5) is 13.2 Å². The van der Waals surface area contributed by atoms with Gasteiger partial charge in [0, 0.05) is 38.3 Å². The summed E-state index contributed by atoms with van der Waals surface area (Å²) in [6.07, 6.45) is -3.24. The largest absolute Gasteiger partial charge is 0.416 e. The molecule has 2 atom stereocenters. The van der Waals surface area contributed by atoms with Crippen LogP contribution in [0, 0.1) is 0 Å². The summed E-state index contributed by atoms with van der Waals surface area (Å²) in [5.74, 6) is 0. The molecule has 0 radical (unpaired) electrons. The number of nitrogens with zero attached hydrogens (tertiary/aromatic N) is 2. The van der Waals surface area contributed by atoms with E-state index in [9.17, 15) is 13.2 Å². The van der Waals surface area contributed by atoms with Gasteiger partial charge in [-0.25, -0.2) is 0 Å². The van der Waals surface area contributed by atoms with Crippen molar-refractivity contribution in [1.82, 2.24) is 9.80 Å². The lowest BCUT2D eigenvalue weighted by Crippen LogP contribution is -2.53. The third kappa shape index (κ3) is 3.80. The molecule has 0 aromatic heterocycles. The van der Waals surface area contributed by atoms with Crippen LogP contribution in [0.15, 0.2) is 24.3 Å². The maximum Gasteiger partial charge on any atom is 0.416 e. The Morgan fingerprint density at radius 1 is 1.23 bits per heavy atom. The quantitative estimate of drug-likeness (QED) is 0.927. The van der Waals surface area contributed by atoms with Gasteiger partial charge < -0.3 is 10.6 Å². The lowest BCUT2D eigenvalue weighted by atomic mass is 10.0. The molecule has 0 aliphatic carbocycles. The van der Waals surface area contributed by atoms with Crippen LogP contribution in [0.25, 0.3) is 0 Å². The van der Waals surface area contributed by atoms with E-state index in [0.29, 0.717) is 12.6 Å². The van der Waals surface area contributed by atoms with E-state index in [-0.39, 0.29) is 6.04 Å². The van der Waals surface area contributed by atoms with Gasteiger partial charge in [0.2, 0.25) is 0 Å². The third-order valence-corrected chi connectivity index (χ3v) is 4.57. The fourth-order valence-electron chi connectivity index (χ4n) is 3.08. The second-order valence-corrected chi connectivity index (χ2v) is 5.91. The highest BCUT2D eigenvalue weighted by Crippen LogP contribution is 2.31. The summed E-state index contributed by atoms with van der Waals surface area (Å²) in [5, 5.41) is 0. The first kappa shape index (κ1) is 17.2. The molecular weight excluding hydrogens is 291 g/mol. The van der Waals surface area contributed by atoms with Crippen molar-refractivity contribution in [3.8, 4) is 0 Å². The molecule has 2 N–H and O–H groups in total. The standard InChI is InChI=1S/C16H24F3N3/c1-3-14-11-22(9-8-21(14)2)15(10-20)12-4-6-13(7-5-12)16(17,18)19/h4-7,14-15H,3,8-11,20H2,1-2H3. The first-order valence-electron chi connectivity index (χ1n) is 7.68.